The average Bonchev–Trinajstić information content (AvgIpc) is 3.03. The van der Waals surface area contributed by atoms with E-state index in [0.29, 0.717) is 5.56 Å². The van der Waals surface area contributed by atoms with Crippen LogP contribution in [0.25, 0.3) is 11.0 Å². The molecule has 0 aliphatic heterocycles. The maximum absolute atomic E-state index is 12.3. The Hall–Kier alpha value is -3.15. The van der Waals surface area contributed by atoms with Crippen molar-refractivity contribution in [2.24, 2.45) is 0 Å². The summed E-state index contributed by atoms with van der Waals surface area (Å²) in [6.45, 7) is -0.0989. The summed E-state index contributed by atoms with van der Waals surface area (Å²) in [5, 5.41) is 0. The maximum atomic E-state index is 12.3. The molecule has 0 spiro atoms. The Bertz CT molecular complexity index is 1060. The van der Waals surface area contributed by atoms with E-state index in [1.165, 1.54) is 35.3 Å². The summed E-state index contributed by atoms with van der Waals surface area (Å²) in [5.74, 6) is 1.81. The standard InChI is InChI=1S/C17H14N4O3S/c1-2-11-19-25(23,24)14-9-7-13(8-10-14)17(22)20-21-12-18-15-5-3-4-6-16(15)21/h1,3-10,12,19H,11H2,(H,20,22). The second-order valence-electron chi connectivity index (χ2n) is 5.10. The molecule has 1 amide bonds. The van der Waals surface area contributed by atoms with Gasteiger partial charge in [0.2, 0.25) is 10.0 Å². The number of para-hydroxylation sites is 2. The molecule has 3 rings (SSSR count). The number of carbonyl (C=O) groups excluding carboxylic acids is 1. The molecule has 0 fully saturated rings. The molecule has 0 atom stereocenters. The van der Waals surface area contributed by atoms with Gasteiger partial charge < -0.3 is 0 Å². The lowest BCUT2D eigenvalue weighted by Gasteiger charge is -2.08. The third-order valence-corrected chi connectivity index (χ3v) is 4.88. The van der Waals surface area contributed by atoms with Gasteiger partial charge in [0.1, 0.15) is 6.33 Å². The minimum Gasteiger partial charge on any atom is -0.267 e. The first-order chi connectivity index (χ1) is 12.0. The molecular weight excluding hydrogens is 340 g/mol. The predicted molar refractivity (Wildman–Crippen MR) is 93.9 cm³/mol. The molecule has 0 aliphatic rings. The van der Waals surface area contributed by atoms with E-state index in [0.717, 1.165) is 11.0 Å². The summed E-state index contributed by atoms with van der Waals surface area (Å²) in [4.78, 5) is 16.6. The normalized spacial score (nSPS) is 11.2. The van der Waals surface area contributed by atoms with Crippen molar-refractivity contribution in [3.05, 3.63) is 60.4 Å². The first kappa shape index (κ1) is 16.7. The van der Waals surface area contributed by atoms with Gasteiger partial charge in [0, 0.05) is 5.56 Å². The summed E-state index contributed by atoms with van der Waals surface area (Å²) in [7, 11) is -3.68. The molecular formula is C17H14N4O3S. The van der Waals surface area contributed by atoms with Crippen LogP contribution in [-0.2, 0) is 10.0 Å². The minimum absolute atomic E-state index is 0.0346. The third kappa shape index (κ3) is 3.52. The first-order valence-electron chi connectivity index (χ1n) is 7.28. The smallest absolute Gasteiger partial charge is 0.267 e. The van der Waals surface area contributed by atoms with Gasteiger partial charge in [-0.15, -0.1) is 6.42 Å². The number of nitrogens with zero attached hydrogens (tertiary/aromatic N) is 2. The van der Waals surface area contributed by atoms with Crippen LogP contribution in [0.15, 0.2) is 59.8 Å². The number of sulfonamides is 1. The van der Waals surface area contributed by atoms with Gasteiger partial charge in [-0.1, -0.05) is 18.1 Å². The number of benzene rings is 2. The number of rotatable bonds is 5. The van der Waals surface area contributed by atoms with Gasteiger partial charge in [-0.2, -0.15) is 4.72 Å². The lowest BCUT2D eigenvalue weighted by Crippen LogP contribution is -2.24. The number of carbonyl (C=O) groups is 1. The molecule has 0 aliphatic carbocycles. The van der Waals surface area contributed by atoms with Crippen molar-refractivity contribution in [3.63, 3.8) is 0 Å². The summed E-state index contributed by atoms with van der Waals surface area (Å²) in [6.07, 6.45) is 6.55. The van der Waals surface area contributed by atoms with Crippen LogP contribution < -0.4 is 10.1 Å². The first-order valence-corrected chi connectivity index (χ1v) is 8.76. The molecule has 0 saturated heterocycles. The Balaban J connectivity index is 1.78. The highest BCUT2D eigenvalue weighted by atomic mass is 32.2. The van der Waals surface area contributed by atoms with Crippen molar-refractivity contribution < 1.29 is 13.2 Å². The number of hydrogen-bond acceptors (Lipinski definition) is 4. The highest BCUT2D eigenvalue weighted by molar-refractivity contribution is 7.89. The van der Waals surface area contributed by atoms with Crippen LogP contribution in [0.2, 0.25) is 0 Å². The molecule has 0 radical (unpaired) electrons. The van der Waals surface area contributed by atoms with Crippen LogP contribution in [0, 0.1) is 12.3 Å². The zero-order valence-electron chi connectivity index (χ0n) is 13.0. The number of hydrogen-bond donors (Lipinski definition) is 2. The molecule has 1 aromatic heterocycles. The number of imidazole rings is 1. The van der Waals surface area contributed by atoms with E-state index in [9.17, 15) is 13.2 Å². The van der Waals surface area contributed by atoms with E-state index in [2.05, 4.69) is 21.1 Å². The van der Waals surface area contributed by atoms with Crippen molar-refractivity contribution in [2.75, 3.05) is 12.0 Å². The van der Waals surface area contributed by atoms with Crippen LogP contribution in [0.1, 0.15) is 10.4 Å². The van der Waals surface area contributed by atoms with Crippen molar-refractivity contribution in [1.82, 2.24) is 14.4 Å². The summed E-state index contributed by atoms with van der Waals surface area (Å²) in [5.41, 5.74) is 4.52. The molecule has 0 saturated carbocycles. The average molecular weight is 354 g/mol. The third-order valence-electron chi connectivity index (χ3n) is 3.47. The van der Waals surface area contributed by atoms with Gasteiger partial charge in [0.05, 0.1) is 22.5 Å². The Kier molecular flexibility index (Phi) is 4.52. The van der Waals surface area contributed by atoms with Crippen LogP contribution in [0.5, 0.6) is 0 Å². The van der Waals surface area contributed by atoms with Gasteiger partial charge in [0.25, 0.3) is 5.91 Å². The largest absolute Gasteiger partial charge is 0.270 e. The molecule has 3 aromatic rings. The van der Waals surface area contributed by atoms with Gasteiger partial charge in [-0.25, -0.2) is 18.1 Å². The maximum Gasteiger partial charge on any atom is 0.270 e. The van der Waals surface area contributed by atoms with Crippen molar-refractivity contribution in [3.8, 4) is 12.3 Å². The Morgan fingerprint density at radius 3 is 2.60 bits per heavy atom. The van der Waals surface area contributed by atoms with Gasteiger partial charge in [-0.3, -0.25) is 10.2 Å². The van der Waals surface area contributed by atoms with Crippen molar-refractivity contribution in [2.45, 2.75) is 4.90 Å². The van der Waals surface area contributed by atoms with Crippen molar-refractivity contribution in [1.29, 1.82) is 0 Å². The minimum atomic E-state index is -3.68. The molecule has 2 N–H and O–H groups in total. The zero-order chi connectivity index (χ0) is 17.9. The van der Waals surface area contributed by atoms with E-state index in [4.69, 9.17) is 6.42 Å². The van der Waals surface area contributed by atoms with Gasteiger partial charge in [-0.05, 0) is 36.4 Å². The second-order valence-corrected chi connectivity index (χ2v) is 6.86. The summed E-state index contributed by atoms with van der Waals surface area (Å²) >= 11 is 0. The van der Waals surface area contributed by atoms with E-state index >= 15 is 0 Å². The van der Waals surface area contributed by atoms with E-state index < -0.39 is 10.0 Å². The van der Waals surface area contributed by atoms with Crippen LogP contribution >= 0.6 is 0 Å². The molecule has 0 unspecified atom stereocenters. The number of fused-ring (bicyclic) bond motifs is 1. The highest BCUT2D eigenvalue weighted by Crippen LogP contribution is 2.13. The molecule has 0 bridgehead atoms. The van der Waals surface area contributed by atoms with Crippen molar-refractivity contribution >= 4 is 27.0 Å². The molecule has 7 nitrogen and oxygen atoms in total. The summed E-state index contributed by atoms with van der Waals surface area (Å²) < 4.78 is 27.7. The molecule has 8 heteroatoms. The van der Waals surface area contributed by atoms with E-state index in [1.54, 1.807) is 0 Å². The number of nitrogens with one attached hydrogen (secondary N) is 2. The quantitative estimate of drug-likeness (QED) is 0.676. The summed E-state index contributed by atoms with van der Waals surface area (Å²) in [6, 6.07) is 12.9. The number of aromatic nitrogens is 2. The van der Waals surface area contributed by atoms with Crippen LogP contribution in [-0.4, -0.2) is 30.5 Å². The van der Waals surface area contributed by atoms with E-state index in [1.807, 2.05) is 24.3 Å². The molecule has 1 heterocycles. The zero-order valence-corrected chi connectivity index (χ0v) is 13.8. The fraction of sp³-hybridized carbons (Fsp3) is 0.0588. The predicted octanol–water partition coefficient (Wildman–Crippen LogP) is 1.33. The monoisotopic (exact) mass is 354 g/mol. The van der Waals surface area contributed by atoms with Gasteiger partial charge in [0.15, 0.2) is 0 Å². The van der Waals surface area contributed by atoms with E-state index in [-0.39, 0.29) is 17.3 Å². The number of amides is 1. The fourth-order valence-corrected chi connectivity index (χ4v) is 3.16. The molecule has 126 valence electrons. The van der Waals surface area contributed by atoms with Gasteiger partial charge >= 0.3 is 0 Å². The lowest BCUT2D eigenvalue weighted by atomic mass is 10.2. The molecule has 2 aromatic carbocycles. The van der Waals surface area contributed by atoms with Crippen LogP contribution in [0.3, 0.4) is 0 Å². The fourth-order valence-electron chi connectivity index (χ4n) is 2.23. The SMILES string of the molecule is C#CCNS(=O)(=O)c1ccc(C(=O)Nn2cnc3ccccc32)cc1. The second kappa shape index (κ2) is 6.76. The van der Waals surface area contributed by atoms with Crippen LogP contribution in [0.4, 0.5) is 0 Å². The highest BCUT2D eigenvalue weighted by Gasteiger charge is 2.14. The molecule has 25 heavy (non-hydrogen) atoms. The number of terminal acetylenes is 1. The Morgan fingerprint density at radius 2 is 1.88 bits per heavy atom. The topological polar surface area (TPSA) is 93.1 Å². The Labute approximate surface area is 144 Å². The lowest BCUT2D eigenvalue weighted by molar-refractivity contribution is 0.101. The Morgan fingerprint density at radius 1 is 1.16 bits per heavy atom.